The van der Waals surface area contributed by atoms with Crippen LogP contribution in [0.3, 0.4) is 0 Å². The minimum absolute atomic E-state index is 0.198. The molecule has 3 aromatic heterocycles. The first-order chi connectivity index (χ1) is 20.2. The maximum absolute atomic E-state index is 5.94. The molecule has 6 aromatic rings. The zero-order valence-corrected chi connectivity index (χ0v) is 24.7. The monoisotopic (exact) mass is 577 g/mol. The van der Waals surface area contributed by atoms with Gasteiger partial charge in [-0.2, -0.15) is 10.1 Å². The average molecular weight is 578 g/mol. The lowest BCUT2D eigenvalue weighted by molar-refractivity contribution is 1.09. The van der Waals surface area contributed by atoms with Crippen molar-refractivity contribution in [2.75, 3.05) is 16.8 Å². The van der Waals surface area contributed by atoms with Crippen molar-refractivity contribution in [2.45, 2.75) is 34.2 Å². The molecule has 0 unspecified atom stereocenters. The van der Waals surface area contributed by atoms with E-state index in [4.69, 9.17) is 23.1 Å². The van der Waals surface area contributed by atoms with Gasteiger partial charge in [-0.1, -0.05) is 54.1 Å². The molecule has 3 heterocycles. The number of fused-ring (bicyclic) bond motifs is 1. The predicted octanol–water partition coefficient (Wildman–Crippen LogP) is 6.83. The van der Waals surface area contributed by atoms with E-state index in [0.717, 1.165) is 39.0 Å². The Morgan fingerprint density at radius 2 is 1.36 bits per heavy atom. The number of benzene rings is 3. The zero-order valence-electron chi connectivity index (χ0n) is 23.9. The van der Waals surface area contributed by atoms with Crippen molar-refractivity contribution in [1.82, 2.24) is 30.1 Å². The Labute approximate surface area is 249 Å². The molecule has 0 atom stereocenters. The molecule has 0 fully saturated rings. The summed E-state index contributed by atoms with van der Waals surface area (Å²) in [7, 11) is 0. The largest absolute Gasteiger partial charge is 0.368 e. The molecule has 0 aliphatic rings. The van der Waals surface area contributed by atoms with Crippen LogP contribution in [0.1, 0.15) is 27.8 Å². The number of hydrogen-bond donors (Lipinski definition) is 4. The van der Waals surface area contributed by atoms with E-state index in [-0.39, 0.29) is 11.9 Å². The van der Waals surface area contributed by atoms with E-state index in [2.05, 4.69) is 93.5 Å². The van der Waals surface area contributed by atoms with Gasteiger partial charge in [0.2, 0.25) is 11.9 Å². The standard InChI is InChI=1S/C20H20N6.C12H12ClN3/c1-12-4-3-5-16(13(12)2)18-9-19(25-20(21)24-18)22-10-14-6-7-17-15(8-14)11-23-26-17;1-7-4-3-5-9(8(7)2)10-6-11(13)16-12(14)15-10/h3-9,11H,10H2,1-2H3,(H,23,26)(H3,21,22,24,25);3-6H,1-2H3,(H2,14,15,16). The number of aromatic amines is 1. The number of rotatable bonds is 5. The third kappa shape index (κ3) is 6.47. The summed E-state index contributed by atoms with van der Waals surface area (Å²) in [5, 5.41) is 11.8. The highest BCUT2D eigenvalue weighted by molar-refractivity contribution is 6.29. The maximum Gasteiger partial charge on any atom is 0.222 e. The summed E-state index contributed by atoms with van der Waals surface area (Å²) in [6, 6.07) is 22.1. The van der Waals surface area contributed by atoms with Gasteiger partial charge in [-0.15, -0.1) is 0 Å². The highest BCUT2D eigenvalue weighted by Gasteiger charge is 2.10. The number of halogens is 1. The Morgan fingerprint density at radius 3 is 2.00 bits per heavy atom. The van der Waals surface area contributed by atoms with Crippen molar-refractivity contribution in [2.24, 2.45) is 0 Å². The minimum atomic E-state index is 0.198. The van der Waals surface area contributed by atoms with E-state index in [1.54, 1.807) is 6.07 Å². The molecule has 0 saturated heterocycles. The lowest BCUT2D eigenvalue weighted by atomic mass is 10.0. The zero-order chi connectivity index (χ0) is 29.8. The Hall–Kier alpha value is -5.02. The van der Waals surface area contributed by atoms with Crippen LogP contribution in [0.5, 0.6) is 0 Å². The molecule has 212 valence electrons. The summed E-state index contributed by atoms with van der Waals surface area (Å²) in [5.74, 6) is 1.17. The number of nitrogens with one attached hydrogen (secondary N) is 2. The van der Waals surface area contributed by atoms with E-state index in [1.807, 2.05) is 36.5 Å². The summed E-state index contributed by atoms with van der Waals surface area (Å²) in [6.07, 6.45) is 1.82. The number of nitrogens with two attached hydrogens (primary N) is 2. The molecule has 0 bridgehead atoms. The summed E-state index contributed by atoms with van der Waals surface area (Å²) in [4.78, 5) is 16.8. The van der Waals surface area contributed by atoms with Crippen LogP contribution in [0, 0.1) is 27.7 Å². The molecule has 0 spiro atoms. The van der Waals surface area contributed by atoms with Gasteiger partial charge >= 0.3 is 0 Å². The van der Waals surface area contributed by atoms with Crippen LogP contribution in [-0.2, 0) is 6.54 Å². The Balaban J connectivity index is 0.000000189. The summed E-state index contributed by atoms with van der Waals surface area (Å²) < 4.78 is 0. The quantitative estimate of drug-likeness (QED) is 0.163. The van der Waals surface area contributed by atoms with Gasteiger partial charge < -0.3 is 16.8 Å². The molecule has 42 heavy (non-hydrogen) atoms. The first-order valence-corrected chi connectivity index (χ1v) is 13.8. The molecule has 0 saturated carbocycles. The van der Waals surface area contributed by atoms with Crippen molar-refractivity contribution in [3.63, 3.8) is 0 Å². The fourth-order valence-electron chi connectivity index (χ4n) is 4.62. The number of hydrogen-bond acceptors (Lipinski definition) is 8. The Morgan fingerprint density at radius 1 is 0.738 bits per heavy atom. The predicted molar refractivity (Wildman–Crippen MR) is 171 cm³/mol. The topological polar surface area (TPSA) is 144 Å². The van der Waals surface area contributed by atoms with E-state index < -0.39 is 0 Å². The molecule has 9 nitrogen and oxygen atoms in total. The smallest absolute Gasteiger partial charge is 0.222 e. The number of aromatic nitrogens is 6. The molecule has 0 amide bonds. The van der Waals surface area contributed by atoms with Crippen LogP contribution in [0.15, 0.2) is 72.9 Å². The second-order valence-electron chi connectivity index (χ2n) is 10.1. The van der Waals surface area contributed by atoms with Gasteiger partial charge in [-0.3, -0.25) is 5.10 Å². The normalized spacial score (nSPS) is 10.8. The van der Waals surface area contributed by atoms with Crippen LogP contribution in [-0.4, -0.2) is 30.1 Å². The van der Waals surface area contributed by atoms with Crippen LogP contribution >= 0.6 is 11.6 Å². The average Bonchev–Trinajstić information content (AvgIpc) is 3.42. The number of nitrogens with zero attached hydrogens (tertiary/aromatic N) is 5. The number of anilines is 3. The van der Waals surface area contributed by atoms with Gasteiger partial charge in [0.1, 0.15) is 11.0 Å². The van der Waals surface area contributed by atoms with Crippen molar-refractivity contribution in [3.05, 3.63) is 106 Å². The third-order valence-electron chi connectivity index (χ3n) is 7.20. The summed E-state index contributed by atoms with van der Waals surface area (Å²) in [6.45, 7) is 8.94. The summed E-state index contributed by atoms with van der Waals surface area (Å²) in [5.41, 5.74) is 22.2. The summed E-state index contributed by atoms with van der Waals surface area (Å²) >= 11 is 5.86. The molecule has 10 heteroatoms. The highest BCUT2D eigenvalue weighted by atomic mass is 35.5. The third-order valence-corrected chi connectivity index (χ3v) is 7.39. The van der Waals surface area contributed by atoms with Gasteiger partial charge in [0.15, 0.2) is 0 Å². The number of nitrogen functional groups attached to an aromatic ring is 2. The lowest BCUT2D eigenvalue weighted by Gasteiger charge is -2.11. The van der Waals surface area contributed by atoms with E-state index in [0.29, 0.717) is 17.5 Å². The molecular weight excluding hydrogens is 546 g/mol. The van der Waals surface area contributed by atoms with Crippen LogP contribution < -0.4 is 16.8 Å². The van der Waals surface area contributed by atoms with Gasteiger partial charge in [-0.05, 0) is 67.6 Å². The molecule has 0 aliphatic heterocycles. The molecule has 0 aliphatic carbocycles. The fraction of sp³-hybridized carbons (Fsp3) is 0.156. The van der Waals surface area contributed by atoms with E-state index in [1.165, 1.54) is 22.3 Å². The Kier molecular flexibility index (Phi) is 8.31. The number of H-pyrrole nitrogens is 1. The second kappa shape index (κ2) is 12.2. The van der Waals surface area contributed by atoms with Crippen molar-refractivity contribution >= 4 is 40.2 Å². The van der Waals surface area contributed by atoms with Crippen LogP contribution in [0.25, 0.3) is 33.4 Å². The second-order valence-corrected chi connectivity index (χ2v) is 10.5. The lowest BCUT2D eigenvalue weighted by Crippen LogP contribution is -2.05. The maximum atomic E-state index is 5.94. The fourth-order valence-corrected chi connectivity index (χ4v) is 4.81. The minimum Gasteiger partial charge on any atom is -0.368 e. The molecule has 6 N–H and O–H groups in total. The van der Waals surface area contributed by atoms with Crippen LogP contribution in [0.2, 0.25) is 5.15 Å². The van der Waals surface area contributed by atoms with Crippen molar-refractivity contribution in [1.29, 1.82) is 0 Å². The highest BCUT2D eigenvalue weighted by Crippen LogP contribution is 2.27. The van der Waals surface area contributed by atoms with E-state index in [9.17, 15) is 0 Å². The molecule has 6 rings (SSSR count). The first-order valence-electron chi connectivity index (χ1n) is 13.4. The SMILES string of the molecule is Cc1cccc(-c2cc(Cl)nc(N)n2)c1C.Cc1cccc(-c2cc(NCc3ccc4[nH]ncc4c3)nc(N)n2)c1C. The molecule has 3 aromatic carbocycles. The van der Waals surface area contributed by atoms with Crippen molar-refractivity contribution < 1.29 is 0 Å². The Bertz CT molecular complexity index is 1860. The first kappa shape index (κ1) is 28.5. The van der Waals surface area contributed by atoms with Crippen LogP contribution in [0.4, 0.5) is 17.7 Å². The van der Waals surface area contributed by atoms with E-state index >= 15 is 0 Å². The van der Waals surface area contributed by atoms with Gasteiger partial charge in [0.05, 0.1) is 23.1 Å². The van der Waals surface area contributed by atoms with Gasteiger partial charge in [-0.25, -0.2) is 15.0 Å². The van der Waals surface area contributed by atoms with Gasteiger partial charge in [0, 0.05) is 35.2 Å². The van der Waals surface area contributed by atoms with Crippen molar-refractivity contribution in [3.8, 4) is 22.5 Å². The molecule has 0 radical (unpaired) electrons. The molecular formula is C32H32ClN9. The number of aryl methyl sites for hydroxylation is 2. The van der Waals surface area contributed by atoms with Gasteiger partial charge in [0.25, 0.3) is 0 Å².